The lowest BCUT2D eigenvalue weighted by atomic mass is 9.84. The lowest BCUT2D eigenvalue weighted by Crippen LogP contribution is -2.53. The second kappa shape index (κ2) is 12.6. The molecule has 1 aliphatic carbocycles. The Hall–Kier alpha value is -1.75. The first-order chi connectivity index (χ1) is 15.7. The molecule has 8 nitrogen and oxygen atoms in total. The van der Waals surface area contributed by atoms with Crippen LogP contribution in [0.4, 0.5) is 5.69 Å². The van der Waals surface area contributed by atoms with Crippen molar-refractivity contribution in [1.82, 2.24) is 20.0 Å². The number of phenols is 1. The monoisotopic (exact) mass is 570 g/mol. The number of halogens is 1. The third-order valence-electron chi connectivity index (χ3n) is 6.95. The zero-order valence-electron chi connectivity index (χ0n) is 19.8. The first kappa shape index (κ1) is 25.9. The zero-order chi connectivity index (χ0) is 22.3. The predicted octanol–water partition coefficient (Wildman–Crippen LogP) is 2.04. The average Bonchev–Trinajstić information content (AvgIpc) is 2.78. The van der Waals surface area contributed by atoms with E-state index in [2.05, 4.69) is 31.8 Å². The molecule has 0 unspecified atom stereocenters. The van der Waals surface area contributed by atoms with Gasteiger partial charge in [0.25, 0.3) is 0 Å². The number of nitrogens with one attached hydrogen (secondary N) is 1. The molecular weight excluding hydrogens is 531 g/mol. The number of aromatic hydroxyl groups is 1. The van der Waals surface area contributed by atoms with E-state index in [4.69, 9.17) is 4.99 Å². The van der Waals surface area contributed by atoms with Gasteiger partial charge in [0.15, 0.2) is 5.96 Å². The molecule has 2 saturated heterocycles. The number of amides is 1. The van der Waals surface area contributed by atoms with Crippen molar-refractivity contribution in [2.45, 2.75) is 26.2 Å². The summed E-state index contributed by atoms with van der Waals surface area (Å²) in [5, 5.41) is 13.6. The van der Waals surface area contributed by atoms with Gasteiger partial charge in [0.2, 0.25) is 5.91 Å². The van der Waals surface area contributed by atoms with Crippen LogP contribution in [0, 0.1) is 5.92 Å². The molecule has 1 saturated carbocycles. The molecule has 2 heterocycles. The number of benzene rings is 1. The van der Waals surface area contributed by atoms with Crippen LogP contribution in [0.5, 0.6) is 5.75 Å². The minimum atomic E-state index is 0. The summed E-state index contributed by atoms with van der Waals surface area (Å²) in [6, 6.07) is 7.55. The number of hydrogen-bond acceptors (Lipinski definition) is 5. The topological polar surface area (TPSA) is 74.7 Å². The summed E-state index contributed by atoms with van der Waals surface area (Å²) < 4.78 is 0. The Kier molecular flexibility index (Phi) is 9.91. The molecule has 0 radical (unpaired) electrons. The number of piperazine rings is 2. The molecule has 0 bridgehead atoms. The van der Waals surface area contributed by atoms with Crippen LogP contribution in [0.2, 0.25) is 0 Å². The van der Waals surface area contributed by atoms with Crippen LogP contribution in [0.1, 0.15) is 26.2 Å². The molecular formula is C24H39IN6O2. The van der Waals surface area contributed by atoms with Gasteiger partial charge in [0.1, 0.15) is 5.75 Å². The van der Waals surface area contributed by atoms with Gasteiger partial charge in [-0.05, 0) is 31.9 Å². The van der Waals surface area contributed by atoms with Crippen molar-refractivity contribution >= 4 is 41.5 Å². The molecule has 4 rings (SSSR count). The number of carbonyl (C=O) groups is 1. The van der Waals surface area contributed by atoms with E-state index in [0.29, 0.717) is 17.6 Å². The van der Waals surface area contributed by atoms with Crippen LogP contribution in [-0.4, -0.2) is 104 Å². The zero-order valence-corrected chi connectivity index (χ0v) is 22.1. The number of para-hydroxylation sites is 2. The first-order valence-corrected chi connectivity index (χ1v) is 12.2. The number of anilines is 1. The van der Waals surface area contributed by atoms with Crippen LogP contribution < -0.4 is 10.2 Å². The third-order valence-corrected chi connectivity index (χ3v) is 6.95. The van der Waals surface area contributed by atoms with Crippen LogP contribution in [0.3, 0.4) is 0 Å². The molecule has 0 aromatic heterocycles. The molecule has 1 aromatic rings. The Bertz CT molecular complexity index is 787. The van der Waals surface area contributed by atoms with E-state index in [1.54, 1.807) is 6.07 Å². The lowest BCUT2D eigenvalue weighted by molar-refractivity contribution is -0.139. The molecule has 2 aliphatic heterocycles. The molecule has 3 fully saturated rings. The molecule has 184 valence electrons. The maximum absolute atomic E-state index is 12.4. The molecule has 3 aliphatic rings. The SMILES string of the molecule is CCNC(=NCCN1CCN(C(=O)C2CCC2)CC1)N1CCN(c2ccccc2O)CC1.I. The van der Waals surface area contributed by atoms with Crippen molar-refractivity contribution in [2.75, 3.05) is 76.9 Å². The van der Waals surface area contributed by atoms with Crippen LogP contribution in [-0.2, 0) is 4.79 Å². The fraction of sp³-hybridized carbons (Fsp3) is 0.667. The molecule has 0 atom stereocenters. The van der Waals surface area contributed by atoms with Gasteiger partial charge in [0, 0.05) is 71.4 Å². The molecule has 1 aromatic carbocycles. The normalized spacial score (nSPS) is 20.3. The van der Waals surface area contributed by atoms with Crippen molar-refractivity contribution in [2.24, 2.45) is 10.9 Å². The number of rotatable bonds is 6. The fourth-order valence-electron chi connectivity index (χ4n) is 4.72. The number of nitrogens with zero attached hydrogens (tertiary/aromatic N) is 5. The molecule has 2 N–H and O–H groups in total. The highest BCUT2D eigenvalue weighted by Gasteiger charge is 2.31. The minimum Gasteiger partial charge on any atom is -0.506 e. The fourth-order valence-corrected chi connectivity index (χ4v) is 4.72. The van der Waals surface area contributed by atoms with E-state index in [1.165, 1.54) is 6.42 Å². The van der Waals surface area contributed by atoms with Crippen molar-refractivity contribution in [3.05, 3.63) is 24.3 Å². The molecule has 9 heteroatoms. The summed E-state index contributed by atoms with van der Waals surface area (Å²) >= 11 is 0. The molecule has 1 amide bonds. The molecule has 0 spiro atoms. The van der Waals surface area contributed by atoms with E-state index in [0.717, 1.165) is 96.5 Å². The van der Waals surface area contributed by atoms with E-state index in [9.17, 15) is 9.90 Å². The number of phenolic OH excluding ortho intramolecular Hbond substituents is 1. The number of guanidine groups is 1. The summed E-state index contributed by atoms with van der Waals surface area (Å²) in [5.41, 5.74) is 0.907. The van der Waals surface area contributed by atoms with Crippen LogP contribution in [0.15, 0.2) is 29.3 Å². The summed E-state index contributed by atoms with van der Waals surface area (Å²) in [5.74, 6) is 2.01. The summed E-state index contributed by atoms with van der Waals surface area (Å²) in [6.07, 6.45) is 3.38. The second-order valence-corrected chi connectivity index (χ2v) is 8.99. The van der Waals surface area contributed by atoms with Crippen LogP contribution >= 0.6 is 24.0 Å². The summed E-state index contributed by atoms with van der Waals surface area (Å²) in [4.78, 5) is 26.4. The summed E-state index contributed by atoms with van der Waals surface area (Å²) in [6.45, 7) is 11.7. The van der Waals surface area contributed by atoms with Gasteiger partial charge >= 0.3 is 0 Å². The van der Waals surface area contributed by atoms with Gasteiger partial charge in [-0.3, -0.25) is 14.7 Å². The van der Waals surface area contributed by atoms with E-state index >= 15 is 0 Å². The Balaban J connectivity index is 0.00000306. The minimum absolute atomic E-state index is 0. The Labute approximate surface area is 215 Å². The van der Waals surface area contributed by atoms with Crippen LogP contribution in [0.25, 0.3) is 0 Å². The Morgan fingerprint density at radius 2 is 1.70 bits per heavy atom. The van der Waals surface area contributed by atoms with Gasteiger partial charge in [-0.2, -0.15) is 0 Å². The first-order valence-electron chi connectivity index (χ1n) is 12.2. The Morgan fingerprint density at radius 3 is 2.30 bits per heavy atom. The van der Waals surface area contributed by atoms with Gasteiger partial charge in [0.05, 0.1) is 12.2 Å². The summed E-state index contributed by atoms with van der Waals surface area (Å²) in [7, 11) is 0. The van der Waals surface area contributed by atoms with Gasteiger partial charge in [-0.15, -0.1) is 24.0 Å². The van der Waals surface area contributed by atoms with Crippen molar-refractivity contribution in [1.29, 1.82) is 0 Å². The van der Waals surface area contributed by atoms with Crippen molar-refractivity contribution in [3.63, 3.8) is 0 Å². The standard InChI is InChI=1S/C24H38N6O2.HI/c1-2-25-24(30-18-16-28(17-19-30)21-8-3-4-9-22(21)31)26-10-11-27-12-14-29(15-13-27)23(32)20-6-5-7-20;/h3-4,8-9,20,31H,2,5-7,10-19H2,1H3,(H,25,26);1H. The van der Waals surface area contributed by atoms with Gasteiger partial charge < -0.3 is 25.1 Å². The second-order valence-electron chi connectivity index (χ2n) is 8.99. The van der Waals surface area contributed by atoms with Gasteiger partial charge in [-0.1, -0.05) is 18.6 Å². The number of hydrogen-bond donors (Lipinski definition) is 2. The maximum Gasteiger partial charge on any atom is 0.225 e. The molecule has 33 heavy (non-hydrogen) atoms. The average molecular weight is 571 g/mol. The highest BCUT2D eigenvalue weighted by atomic mass is 127. The third kappa shape index (κ3) is 6.65. The Morgan fingerprint density at radius 1 is 1.03 bits per heavy atom. The van der Waals surface area contributed by atoms with E-state index in [1.807, 2.05) is 18.2 Å². The number of aliphatic imine (C=N–C) groups is 1. The maximum atomic E-state index is 12.4. The highest BCUT2D eigenvalue weighted by Crippen LogP contribution is 2.29. The predicted molar refractivity (Wildman–Crippen MR) is 144 cm³/mol. The lowest BCUT2D eigenvalue weighted by Gasteiger charge is -2.38. The van der Waals surface area contributed by atoms with Crippen molar-refractivity contribution in [3.8, 4) is 5.75 Å². The van der Waals surface area contributed by atoms with E-state index < -0.39 is 0 Å². The highest BCUT2D eigenvalue weighted by molar-refractivity contribution is 14.0. The quantitative estimate of drug-likeness (QED) is 0.310. The van der Waals surface area contributed by atoms with Crippen molar-refractivity contribution < 1.29 is 9.90 Å². The van der Waals surface area contributed by atoms with Gasteiger partial charge in [-0.25, -0.2) is 0 Å². The van der Waals surface area contributed by atoms with E-state index in [-0.39, 0.29) is 24.0 Å². The smallest absolute Gasteiger partial charge is 0.225 e. The number of carbonyl (C=O) groups excluding carboxylic acids is 1. The largest absolute Gasteiger partial charge is 0.506 e.